The van der Waals surface area contributed by atoms with Crippen molar-refractivity contribution in [2.75, 3.05) is 7.11 Å². The molecule has 2 unspecified atom stereocenters. The fourth-order valence-electron chi connectivity index (χ4n) is 2.63. The second-order valence-electron chi connectivity index (χ2n) is 5.14. The lowest BCUT2D eigenvalue weighted by Gasteiger charge is -2.14. The molecule has 18 heavy (non-hydrogen) atoms. The molecule has 0 bridgehead atoms. The van der Waals surface area contributed by atoms with Crippen LogP contribution in [0.3, 0.4) is 0 Å². The molecule has 1 aromatic carbocycles. The van der Waals surface area contributed by atoms with Gasteiger partial charge in [0.2, 0.25) is 0 Å². The zero-order valence-electron chi connectivity index (χ0n) is 11.1. The highest BCUT2D eigenvalue weighted by Gasteiger charge is 2.21. The number of esters is 1. The first-order chi connectivity index (χ1) is 8.70. The Morgan fingerprint density at radius 2 is 2.17 bits per heavy atom. The van der Waals surface area contributed by atoms with E-state index in [1.54, 1.807) is 0 Å². The van der Waals surface area contributed by atoms with Crippen LogP contribution in [0.5, 0.6) is 0 Å². The van der Waals surface area contributed by atoms with Gasteiger partial charge in [-0.2, -0.15) is 0 Å². The number of rotatable bonds is 4. The van der Waals surface area contributed by atoms with Gasteiger partial charge in [-0.05, 0) is 36.8 Å². The van der Waals surface area contributed by atoms with Gasteiger partial charge >= 0.3 is 5.97 Å². The van der Waals surface area contributed by atoms with E-state index in [9.17, 15) is 4.79 Å². The monoisotopic (exact) mass is 247 g/mol. The zero-order chi connectivity index (χ0) is 13.0. The summed E-state index contributed by atoms with van der Waals surface area (Å²) in [6.45, 7) is 3.03. The standard InChI is InChI=1S/C15H21NO2/c1-11-7-8-13(9-11)16-10-12-5-3-4-6-14(12)15(17)18-2/h3-6,11,13,16H,7-10H2,1-2H3. The number of hydrogen-bond donors (Lipinski definition) is 1. The van der Waals surface area contributed by atoms with Crippen LogP contribution in [0, 0.1) is 5.92 Å². The molecule has 0 heterocycles. The molecule has 2 rings (SSSR count). The molecular weight excluding hydrogens is 226 g/mol. The first-order valence-electron chi connectivity index (χ1n) is 6.60. The summed E-state index contributed by atoms with van der Waals surface area (Å²) in [5.41, 5.74) is 1.68. The van der Waals surface area contributed by atoms with Crippen LogP contribution in [0.15, 0.2) is 24.3 Å². The predicted octanol–water partition coefficient (Wildman–Crippen LogP) is 2.75. The lowest BCUT2D eigenvalue weighted by molar-refractivity contribution is 0.0599. The smallest absolute Gasteiger partial charge is 0.338 e. The molecule has 0 aliphatic heterocycles. The summed E-state index contributed by atoms with van der Waals surface area (Å²) < 4.78 is 4.80. The maximum Gasteiger partial charge on any atom is 0.338 e. The summed E-state index contributed by atoms with van der Waals surface area (Å²) in [7, 11) is 1.42. The van der Waals surface area contributed by atoms with Crippen molar-refractivity contribution in [1.82, 2.24) is 5.32 Å². The lowest BCUT2D eigenvalue weighted by Crippen LogP contribution is -2.26. The Hall–Kier alpha value is -1.35. The maximum absolute atomic E-state index is 11.6. The van der Waals surface area contributed by atoms with Crippen molar-refractivity contribution in [2.45, 2.75) is 38.8 Å². The van der Waals surface area contributed by atoms with Crippen molar-refractivity contribution < 1.29 is 9.53 Å². The summed E-state index contributed by atoms with van der Waals surface area (Å²) >= 11 is 0. The summed E-state index contributed by atoms with van der Waals surface area (Å²) in [6.07, 6.45) is 3.78. The van der Waals surface area contributed by atoms with E-state index in [-0.39, 0.29) is 5.97 Å². The third-order valence-corrected chi connectivity index (χ3v) is 3.70. The highest BCUT2D eigenvalue weighted by molar-refractivity contribution is 5.90. The van der Waals surface area contributed by atoms with Crippen molar-refractivity contribution in [3.8, 4) is 0 Å². The Morgan fingerprint density at radius 1 is 1.39 bits per heavy atom. The van der Waals surface area contributed by atoms with E-state index in [2.05, 4.69) is 12.2 Å². The van der Waals surface area contributed by atoms with Crippen LogP contribution in [0.4, 0.5) is 0 Å². The molecule has 0 spiro atoms. The molecule has 3 heteroatoms. The first-order valence-corrected chi connectivity index (χ1v) is 6.60. The van der Waals surface area contributed by atoms with Crippen LogP contribution in [-0.2, 0) is 11.3 Å². The van der Waals surface area contributed by atoms with Crippen molar-refractivity contribution in [1.29, 1.82) is 0 Å². The zero-order valence-corrected chi connectivity index (χ0v) is 11.1. The molecule has 3 nitrogen and oxygen atoms in total. The Labute approximate surface area is 109 Å². The van der Waals surface area contributed by atoms with E-state index >= 15 is 0 Å². The summed E-state index contributed by atoms with van der Waals surface area (Å²) in [5.74, 6) is 0.561. The van der Waals surface area contributed by atoms with Gasteiger partial charge < -0.3 is 10.1 Å². The Balaban J connectivity index is 1.98. The molecule has 0 saturated heterocycles. The SMILES string of the molecule is COC(=O)c1ccccc1CNC1CCC(C)C1. The Bertz CT molecular complexity index is 417. The maximum atomic E-state index is 11.6. The molecule has 2 atom stereocenters. The van der Waals surface area contributed by atoms with Crippen molar-refractivity contribution >= 4 is 5.97 Å². The lowest BCUT2D eigenvalue weighted by atomic mass is 10.1. The first kappa shape index (κ1) is 13.1. The van der Waals surface area contributed by atoms with Gasteiger partial charge in [-0.1, -0.05) is 25.1 Å². The van der Waals surface area contributed by atoms with Gasteiger partial charge in [0.25, 0.3) is 0 Å². The molecule has 1 aromatic rings. The number of methoxy groups -OCH3 is 1. The van der Waals surface area contributed by atoms with Crippen LogP contribution in [0.1, 0.15) is 42.1 Å². The molecule has 98 valence electrons. The molecule has 1 saturated carbocycles. The second kappa shape index (κ2) is 6.01. The Kier molecular flexibility index (Phi) is 4.37. The van der Waals surface area contributed by atoms with Crippen LogP contribution in [0.2, 0.25) is 0 Å². The number of benzene rings is 1. The molecular formula is C15H21NO2. The van der Waals surface area contributed by atoms with E-state index in [0.29, 0.717) is 11.6 Å². The summed E-state index contributed by atoms with van der Waals surface area (Å²) in [4.78, 5) is 11.6. The number of ether oxygens (including phenoxy) is 1. The third-order valence-electron chi connectivity index (χ3n) is 3.70. The number of hydrogen-bond acceptors (Lipinski definition) is 3. The van der Waals surface area contributed by atoms with E-state index in [0.717, 1.165) is 18.0 Å². The molecule has 1 N–H and O–H groups in total. The minimum absolute atomic E-state index is 0.257. The van der Waals surface area contributed by atoms with Gasteiger partial charge in [0, 0.05) is 12.6 Å². The topological polar surface area (TPSA) is 38.3 Å². The Morgan fingerprint density at radius 3 is 2.83 bits per heavy atom. The molecule has 1 aliphatic carbocycles. The van der Waals surface area contributed by atoms with E-state index in [4.69, 9.17) is 4.74 Å². The molecule has 1 aliphatic rings. The highest BCUT2D eigenvalue weighted by Crippen LogP contribution is 2.25. The number of carbonyl (C=O) groups excluding carboxylic acids is 1. The largest absolute Gasteiger partial charge is 0.465 e. The van der Waals surface area contributed by atoms with Gasteiger partial charge in [0.15, 0.2) is 0 Å². The van der Waals surface area contributed by atoms with E-state index < -0.39 is 0 Å². The normalized spacial score (nSPS) is 23.0. The van der Waals surface area contributed by atoms with Crippen molar-refractivity contribution in [2.24, 2.45) is 5.92 Å². The number of carbonyl (C=O) groups is 1. The van der Waals surface area contributed by atoms with Crippen molar-refractivity contribution in [3.05, 3.63) is 35.4 Å². The molecule has 1 fully saturated rings. The van der Waals surface area contributed by atoms with E-state index in [1.165, 1.54) is 26.4 Å². The summed E-state index contributed by atoms with van der Waals surface area (Å²) in [5, 5.41) is 3.54. The van der Waals surface area contributed by atoms with Gasteiger partial charge in [-0.3, -0.25) is 0 Å². The van der Waals surface area contributed by atoms with Gasteiger partial charge in [-0.15, -0.1) is 0 Å². The minimum atomic E-state index is -0.257. The molecule has 0 amide bonds. The third kappa shape index (κ3) is 3.10. The van der Waals surface area contributed by atoms with Gasteiger partial charge in [0.05, 0.1) is 12.7 Å². The van der Waals surface area contributed by atoms with Gasteiger partial charge in [0.1, 0.15) is 0 Å². The minimum Gasteiger partial charge on any atom is -0.465 e. The van der Waals surface area contributed by atoms with Crippen LogP contribution >= 0.6 is 0 Å². The molecule has 0 radical (unpaired) electrons. The number of nitrogens with one attached hydrogen (secondary N) is 1. The predicted molar refractivity (Wildman–Crippen MR) is 71.4 cm³/mol. The molecule has 0 aromatic heterocycles. The second-order valence-corrected chi connectivity index (χ2v) is 5.14. The van der Waals surface area contributed by atoms with Crippen LogP contribution in [-0.4, -0.2) is 19.1 Å². The quantitative estimate of drug-likeness (QED) is 0.831. The fourth-order valence-corrected chi connectivity index (χ4v) is 2.63. The highest BCUT2D eigenvalue weighted by atomic mass is 16.5. The van der Waals surface area contributed by atoms with Gasteiger partial charge in [-0.25, -0.2) is 4.79 Å². The van der Waals surface area contributed by atoms with E-state index in [1.807, 2.05) is 24.3 Å². The average Bonchev–Trinajstić information content (AvgIpc) is 2.81. The van der Waals surface area contributed by atoms with Crippen LogP contribution < -0.4 is 5.32 Å². The van der Waals surface area contributed by atoms with Crippen LogP contribution in [0.25, 0.3) is 0 Å². The summed E-state index contributed by atoms with van der Waals surface area (Å²) in [6, 6.07) is 8.22. The van der Waals surface area contributed by atoms with Crippen molar-refractivity contribution in [3.63, 3.8) is 0 Å². The average molecular weight is 247 g/mol. The fraction of sp³-hybridized carbons (Fsp3) is 0.533.